The fourth-order valence-electron chi connectivity index (χ4n) is 3.00. The molecule has 6 nitrogen and oxygen atoms in total. The summed E-state index contributed by atoms with van der Waals surface area (Å²) in [5.74, 6) is -3.72. The van der Waals surface area contributed by atoms with E-state index in [-0.39, 0.29) is 27.2 Å². The number of hydrogen-bond donors (Lipinski definition) is 0. The fourth-order valence-corrected chi connectivity index (χ4v) is 5.28. The predicted octanol–water partition coefficient (Wildman–Crippen LogP) is 3.47. The van der Waals surface area contributed by atoms with Crippen LogP contribution in [0.2, 0.25) is 5.02 Å². The first-order valence-corrected chi connectivity index (χ1v) is 13.1. The molecule has 0 heterocycles. The maximum absolute atomic E-state index is 13.4. The zero-order valence-electron chi connectivity index (χ0n) is 17.8. The van der Waals surface area contributed by atoms with Crippen LogP contribution in [0.3, 0.4) is 0 Å². The highest BCUT2D eigenvalue weighted by atomic mass is 35.5. The monoisotopic (exact) mass is 474 g/mol. The van der Waals surface area contributed by atoms with Crippen molar-refractivity contribution in [3.8, 4) is 0 Å². The number of rotatable bonds is 9. The molecule has 1 aliphatic rings. The van der Waals surface area contributed by atoms with Crippen molar-refractivity contribution in [2.45, 2.75) is 56.8 Å². The van der Waals surface area contributed by atoms with Crippen LogP contribution in [0.25, 0.3) is 0 Å². The molecular formula is C21H27ClO6S2. The third-order valence-corrected chi connectivity index (χ3v) is 7.20. The van der Waals surface area contributed by atoms with Gasteiger partial charge in [-0.2, -0.15) is 0 Å². The van der Waals surface area contributed by atoms with Crippen LogP contribution in [0.5, 0.6) is 0 Å². The molecule has 1 aromatic carbocycles. The normalized spacial score (nSPS) is 17.1. The van der Waals surface area contributed by atoms with Crippen LogP contribution < -0.4 is 0 Å². The van der Waals surface area contributed by atoms with E-state index in [2.05, 4.69) is 0 Å². The number of ether oxygens (including phenoxy) is 1. The SMILES string of the molecule is CCS(=O)Cc1c(Cl)ccc(C(=O)C(C(=O)OC(C)(C)C)C(=O)C2CC2)c1S(C)=O. The van der Waals surface area contributed by atoms with Crippen molar-refractivity contribution in [1.82, 2.24) is 0 Å². The first-order valence-electron chi connectivity index (χ1n) is 9.68. The molecule has 0 spiro atoms. The lowest BCUT2D eigenvalue weighted by molar-refractivity contribution is -0.160. The molecule has 1 fully saturated rings. The number of hydrogen-bond acceptors (Lipinski definition) is 6. The first kappa shape index (κ1) is 24.9. The van der Waals surface area contributed by atoms with Gasteiger partial charge in [-0.3, -0.25) is 22.8 Å². The number of esters is 1. The van der Waals surface area contributed by atoms with Crippen LogP contribution in [-0.4, -0.2) is 43.6 Å². The molecule has 0 bridgehead atoms. The maximum Gasteiger partial charge on any atom is 0.325 e. The Balaban J connectivity index is 2.57. The van der Waals surface area contributed by atoms with E-state index in [0.29, 0.717) is 24.2 Å². The Hall–Kier alpha value is -1.38. The van der Waals surface area contributed by atoms with Crippen LogP contribution in [0.4, 0.5) is 0 Å². The van der Waals surface area contributed by atoms with E-state index in [4.69, 9.17) is 16.3 Å². The molecule has 1 aliphatic carbocycles. The summed E-state index contributed by atoms with van der Waals surface area (Å²) >= 11 is 6.26. The van der Waals surface area contributed by atoms with Crippen molar-refractivity contribution in [3.05, 3.63) is 28.3 Å². The molecule has 0 amide bonds. The minimum atomic E-state index is -1.66. The third kappa shape index (κ3) is 6.08. The largest absolute Gasteiger partial charge is 0.459 e. The molecule has 3 atom stereocenters. The summed E-state index contributed by atoms with van der Waals surface area (Å²) < 4.78 is 30.0. The summed E-state index contributed by atoms with van der Waals surface area (Å²) in [6.07, 6.45) is 2.63. The molecule has 0 radical (unpaired) electrons. The smallest absolute Gasteiger partial charge is 0.325 e. The lowest BCUT2D eigenvalue weighted by Crippen LogP contribution is -2.38. The highest BCUT2D eigenvalue weighted by Gasteiger charge is 2.45. The number of benzene rings is 1. The van der Waals surface area contributed by atoms with Gasteiger partial charge in [-0.15, -0.1) is 0 Å². The van der Waals surface area contributed by atoms with Gasteiger partial charge in [0.1, 0.15) is 5.60 Å². The van der Waals surface area contributed by atoms with Gasteiger partial charge in [-0.05, 0) is 45.7 Å². The van der Waals surface area contributed by atoms with Crippen LogP contribution in [0.1, 0.15) is 56.5 Å². The van der Waals surface area contributed by atoms with Gasteiger partial charge in [-0.1, -0.05) is 18.5 Å². The van der Waals surface area contributed by atoms with Gasteiger partial charge in [0, 0.05) is 44.9 Å². The second-order valence-electron chi connectivity index (χ2n) is 8.24. The second-order valence-corrected chi connectivity index (χ2v) is 11.7. The lowest BCUT2D eigenvalue weighted by atomic mass is 9.90. The van der Waals surface area contributed by atoms with Crippen LogP contribution >= 0.6 is 11.6 Å². The van der Waals surface area contributed by atoms with Crippen molar-refractivity contribution in [1.29, 1.82) is 0 Å². The van der Waals surface area contributed by atoms with E-state index >= 15 is 0 Å². The van der Waals surface area contributed by atoms with E-state index in [1.54, 1.807) is 27.7 Å². The van der Waals surface area contributed by atoms with Crippen LogP contribution in [0, 0.1) is 11.8 Å². The highest BCUT2D eigenvalue weighted by Crippen LogP contribution is 2.36. The van der Waals surface area contributed by atoms with Gasteiger partial charge in [0.05, 0.1) is 21.4 Å². The molecule has 1 saturated carbocycles. The standard InChI is InChI=1S/C21H27ClO6S2/c1-6-30(27)11-14-15(22)10-9-13(19(14)29(5)26)18(24)16(17(23)12-7-8-12)20(25)28-21(2,3)4/h9-10,12,16H,6-8,11H2,1-5H3. The fraction of sp³-hybridized carbons (Fsp3) is 0.571. The molecule has 30 heavy (non-hydrogen) atoms. The molecule has 1 aromatic rings. The summed E-state index contributed by atoms with van der Waals surface area (Å²) in [6, 6.07) is 2.82. The molecule has 166 valence electrons. The van der Waals surface area contributed by atoms with Gasteiger partial charge >= 0.3 is 5.97 Å². The Bertz CT molecular complexity index is 915. The second kappa shape index (κ2) is 9.83. The van der Waals surface area contributed by atoms with E-state index in [9.17, 15) is 22.8 Å². The number of Topliss-reactive ketones (excluding diaryl/α,β-unsaturated/α-hetero) is 2. The topological polar surface area (TPSA) is 94.6 Å². The molecule has 0 N–H and O–H groups in total. The van der Waals surface area contributed by atoms with Crippen molar-refractivity contribution in [2.75, 3.05) is 12.0 Å². The minimum absolute atomic E-state index is 0.0202. The molecule has 2 rings (SSSR count). The van der Waals surface area contributed by atoms with Crippen molar-refractivity contribution < 1.29 is 27.5 Å². The van der Waals surface area contributed by atoms with Crippen molar-refractivity contribution >= 4 is 50.7 Å². The molecule has 0 aliphatic heterocycles. The summed E-state index contributed by atoms with van der Waals surface area (Å²) in [7, 11) is -2.93. The molecule has 0 aromatic heterocycles. The summed E-state index contributed by atoms with van der Waals surface area (Å²) in [5, 5.41) is 0.237. The molecule has 3 unspecified atom stereocenters. The Morgan fingerprint density at radius 2 is 1.80 bits per heavy atom. The minimum Gasteiger partial charge on any atom is -0.459 e. The maximum atomic E-state index is 13.4. The number of halogens is 1. The Morgan fingerprint density at radius 1 is 1.20 bits per heavy atom. The Morgan fingerprint density at radius 3 is 2.27 bits per heavy atom. The number of carbonyl (C=O) groups excluding carboxylic acids is 3. The average molecular weight is 475 g/mol. The van der Waals surface area contributed by atoms with Gasteiger partial charge in [0.15, 0.2) is 17.5 Å². The lowest BCUT2D eigenvalue weighted by Gasteiger charge is -2.23. The first-order chi connectivity index (χ1) is 13.9. The van der Waals surface area contributed by atoms with Gasteiger partial charge in [-0.25, -0.2) is 0 Å². The highest BCUT2D eigenvalue weighted by molar-refractivity contribution is 7.85. The molecule has 0 saturated heterocycles. The summed E-state index contributed by atoms with van der Waals surface area (Å²) in [5.41, 5.74) is -0.558. The van der Waals surface area contributed by atoms with Crippen LogP contribution in [0.15, 0.2) is 17.0 Å². The van der Waals surface area contributed by atoms with Crippen molar-refractivity contribution in [2.24, 2.45) is 11.8 Å². The van der Waals surface area contributed by atoms with Crippen molar-refractivity contribution in [3.63, 3.8) is 0 Å². The number of ketones is 2. The zero-order chi connectivity index (χ0) is 22.8. The summed E-state index contributed by atoms with van der Waals surface area (Å²) in [6.45, 7) is 6.71. The Labute approximate surface area is 187 Å². The zero-order valence-corrected chi connectivity index (χ0v) is 20.2. The number of carbonyl (C=O) groups is 3. The predicted molar refractivity (Wildman–Crippen MR) is 118 cm³/mol. The van der Waals surface area contributed by atoms with E-state index in [1.165, 1.54) is 18.4 Å². The molecule has 9 heteroatoms. The van der Waals surface area contributed by atoms with E-state index in [1.807, 2.05) is 0 Å². The van der Waals surface area contributed by atoms with E-state index < -0.39 is 50.7 Å². The quantitative estimate of drug-likeness (QED) is 0.309. The van der Waals surface area contributed by atoms with Crippen LogP contribution in [-0.2, 0) is 41.7 Å². The van der Waals surface area contributed by atoms with E-state index in [0.717, 1.165) is 0 Å². The average Bonchev–Trinajstić information content (AvgIpc) is 3.46. The Kier molecular flexibility index (Phi) is 8.15. The van der Waals surface area contributed by atoms with Gasteiger partial charge in [0.2, 0.25) is 0 Å². The third-order valence-electron chi connectivity index (χ3n) is 4.55. The summed E-state index contributed by atoms with van der Waals surface area (Å²) in [4.78, 5) is 39.2. The van der Waals surface area contributed by atoms with Gasteiger partial charge in [0.25, 0.3) is 0 Å². The van der Waals surface area contributed by atoms with Gasteiger partial charge < -0.3 is 4.74 Å². The molecular weight excluding hydrogens is 448 g/mol.